The van der Waals surface area contributed by atoms with Crippen molar-refractivity contribution in [2.45, 2.75) is 12.8 Å². The molecule has 5 nitrogen and oxygen atoms in total. The summed E-state index contributed by atoms with van der Waals surface area (Å²) in [6.07, 6.45) is 0.525. The number of hydrogen-bond donors (Lipinski definition) is 1. The maximum atomic E-state index is 10.6. The topological polar surface area (TPSA) is 82.0 Å². The first-order valence-corrected chi connectivity index (χ1v) is 5.40. The summed E-state index contributed by atoms with van der Waals surface area (Å²) < 4.78 is 5.00. The zero-order valence-electron chi connectivity index (χ0n) is 8.89. The van der Waals surface area contributed by atoms with Gasteiger partial charge in [0.1, 0.15) is 0 Å². The number of halogens is 1. The summed E-state index contributed by atoms with van der Waals surface area (Å²) >= 11 is 6.00. The van der Waals surface area contributed by atoms with Gasteiger partial charge < -0.3 is 10.3 Å². The molecular weight excluding hydrogens is 242 g/mol. The molecule has 0 fully saturated rings. The molecule has 0 saturated carbocycles. The van der Waals surface area contributed by atoms with Gasteiger partial charge in [0.05, 0.1) is 5.02 Å². The van der Waals surface area contributed by atoms with Crippen LogP contribution in [0.4, 0.5) is 0 Å². The van der Waals surface area contributed by atoms with E-state index in [9.17, 15) is 4.79 Å². The molecule has 6 heteroatoms. The number of primary amides is 1. The fourth-order valence-corrected chi connectivity index (χ4v) is 1.56. The first-order chi connectivity index (χ1) is 8.16. The maximum absolute atomic E-state index is 10.6. The molecule has 0 atom stereocenters. The van der Waals surface area contributed by atoms with Crippen LogP contribution in [-0.4, -0.2) is 16.0 Å². The van der Waals surface area contributed by atoms with Gasteiger partial charge in [0, 0.05) is 18.4 Å². The Labute approximate surface area is 103 Å². The highest BCUT2D eigenvalue weighted by atomic mass is 35.5. The lowest BCUT2D eigenvalue weighted by atomic mass is 10.2. The molecule has 0 aliphatic carbocycles. The van der Waals surface area contributed by atoms with Crippen LogP contribution in [0.1, 0.15) is 12.3 Å². The van der Waals surface area contributed by atoms with Crippen molar-refractivity contribution in [2.75, 3.05) is 0 Å². The molecule has 0 aliphatic heterocycles. The number of carbonyl (C=O) groups is 1. The van der Waals surface area contributed by atoms with Crippen LogP contribution >= 0.6 is 11.6 Å². The second kappa shape index (κ2) is 4.97. The van der Waals surface area contributed by atoms with Crippen LogP contribution in [0.15, 0.2) is 28.8 Å². The van der Waals surface area contributed by atoms with Crippen molar-refractivity contribution < 1.29 is 9.32 Å². The van der Waals surface area contributed by atoms with Gasteiger partial charge in [-0.3, -0.25) is 4.79 Å². The van der Waals surface area contributed by atoms with Gasteiger partial charge in [-0.25, -0.2) is 0 Å². The molecule has 0 spiro atoms. The van der Waals surface area contributed by atoms with E-state index in [0.717, 1.165) is 0 Å². The SMILES string of the molecule is NC(=O)CCc1nc(-c2ccccc2Cl)no1. The summed E-state index contributed by atoms with van der Waals surface area (Å²) in [5.41, 5.74) is 5.73. The Hall–Kier alpha value is -1.88. The molecule has 2 rings (SSSR count). The minimum atomic E-state index is -0.400. The Morgan fingerprint density at radius 1 is 1.41 bits per heavy atom. The molecule has 2 N–H and O–H groups in total. The van der Waals surface area contributed by atoms with Gasteiger partial charge in [-0.1, -0.05) is 28.9 Å². The summed E-state index contributed by atoms with van der Waals surface area (Å²) in [7, 11) is 0. The Balaban J connectivity index is 2.18. The predicted octanol–water partition coefficient (Wildman–Crippen LogP) is 1.81. The van der Waals surface area contributed by atoms with Crippen molar-refractivity contribution in [3.8, 4) is 11.4 Å². The number of benzene rings is 1. The van der Waals surface area contributed by atoms with Gasteiger partial charge in [0.25, 0.3) is 0 Å². The number of hydrogen-bond acceptors (Lipinski definition) is 4. The van der Waals surface area contributed by atoms with Gasteiger partial charge >= 0.3 is 0 Å². The fourth-order valence-electron chi connectivity index (χ4n) is 1.34. The lowest BCUT2D eigenvalue weighted by molar-refractivity contribution is -0.118. The molecular formula is C11H10ClN3O2. The van der Waals surface area contributed by atoms with Crippen LogP contribution in [0.3, 0.4) is 0 Å². The van der Waals surface area contributed by atoms with E-state index in [0.29, 0.717) is 28.7 Å². The second-order valence-electron chi connectivity index (χ2n) is 3.46. The van der Waals surface area contributed by atoms with E-state index in [2.05, 4.69) is 10.1 Å². The maximum Gasteiger partial charge on any atom is 0.227 e. The van der Waals surface area contributed by atoms with Crippen molar-refractivity contribution in [3.05, 3.63) is 35.2 Å². The molecule has 0 bridgehead atoms. The molecule has 2 aromatic rings. The van der Waals surface area contributed by atoms with Crippen molar-refractivity contribution in [1.29, 1.82) is 0 Å². The number of nitrogens with zero attached hydrogens (tertiary/aromatic N) is 2. The normalized spacial score (nSPS) is 10.4. The van der Waals surface area contributed by atoms with Crippen LogP contribution in [0.2, 0.25) is 5.02 Å². The Morgan fingerprint density at radius 2 is 2.18 bits per heavy atom. The second-order valence-corrected chi connectivity index (χ2v) is 3.87. The molecule has 0 saturated heterocycles. The van der Waals surface area contributed by atoms with Crippen molar-refractivity contribution >= 4 is 17.5 Å². The van der Waals surface area contributed by atoms with E-state index in [4.69, 9.17) is 21.9 Å². The lowest BCUT2D eigenvalue weighted by Crippen LogP contribution is -2.11. The third-order valence-electron chi connectivity index (χ3n) is 2.17. The van der Waals surface area contributed by atoms with Gasteiger partial charge in [0.2, 0.25) is 17.6 Å². The highest BCUT2D eigenvalue weighted by Gasteiger charge is 2.11. The monoisotopic (exact) mass is 251 g/mol. The van der Waals surface area contributed by atoms with Gasteiger partial charge in [0.15, 0.2) is 0 Å². The van der Waals surface area contributed by atoms with Crippen molar-refractivity contribution in [2.24, 2.45) is 5.73 Å². The van der Waals surface area contributed by atoms with Crippen molar-refractivity contribution in [1.82, 2.24) is 10.1 Å². The third-order valence-corrected chi connectivity index (χ3v) is 2.50. The van der Waals surface area contributed by atoms with Gasteiger partial charge in [-0.05, 0) is 12.1 Å². The Kier molecular flexibility index (Phi) is 3.39. The molecule has 17 heavy (non-hydrogen) atoms. The summed E-state index contributed by atoms with van der Waals surface area (Å²) in [5, 5.41) is 4.35. The summed E-state index contributed by atoms with van der Waals surface area (Å²) in [6, 6.07) is 7.20. The van der Waals surface area contributed by atoms with Crippen LogP contribution in [0, 0.1) is 0 Å². The molecule has 88 valence electrons. The van der Waals surface area contributed by atoms with Crippen LogP contribution < -0.4 is 5.73 Å². The van der Waals surface area contributed by atoms with E-state index in [1.54, 1.807) is 12.1 Å². The molecule has 0 aliphatic rings. The van der Waals surface area contributed by atoms with Crippen LogP contribution in [0.25, 0.3) is 11.4 Å². The van der Waals surface area contributed by atoms with Gasteiger partial charge in [-0.15, -0.1) is 0 Å². The minimum absolute atomic E-state index is 0.185. The summed E-state index contributed by atoms with van der Waals surface area (Å²) in [4.78, 5) is 14.8. The van der Waals surface area contributed by atoms with E-state index >= 15 is 0 Å². The number of aryl methyl sites for hydroxylation is 1. The van der Waals surface area contributed by atoms with Crippen LogP contribution in [-0.2, 0) is 11.2 Å². The Bertz CT molecular complexity index is 539. The number of amides is 1. The fraction of sp³-hybridized carbons (Fsp3) is 0.182. The number of nitrogens with two attached hydrogens (primary N) is 1. The number of carbonyl (C=O) groups excluding carboxylic acids is 1. The van der Waals surface area contributed by atoms with Crippen LogP contribution in [0.5, 0.6) is 0 Å². The molecule has 1 amide bonds. The highest BCUT2D eigenvalue weighted by molar-refractivity contribution is 6.33. The number of aromatic nitrogens is 2. The van der Waals surface area contributed by atoms with E-state index in [1.165, 1.54) is 0 Å². The predicted molar refractivity (Wildman–Crippen MR) is 62.3 cm³/mol. The highest BCUT2D eigenvalue weighted by Crippen LogP contribution is 2.24. The average Bonchev–Trinajstić information content (AvgIpc) is 2.75. The standard InChI is InChI=1S/C11H10ClN3O2/c12-8-4-2-1-3-7(8)11-14-10(17-15-11)6-5-9(13)16/h1-4H,5-6H2,(H2,13,16). The smallest absolute Gasteiger partial charge is 0.227 e. The zero-order valence-corrected chi connectivity index (χ0v) is 9.65. The number of rotatable bonds is 4. The summed E-state index contributed by atoms with van der Waals surface area (Å²) in [6.45, 7) is 0. The lowest BCUT2D eigenvalue weighted by Gasteiger charge is -1.95. The third kappa shape index (κ3) is 2.82. The molecule has 1 aromatic carbocycles. The zero-order chi connectivity index (χ0) is 12.3. The molecule has 0 radical (unpaired) electrons. The Morgan fingerprint density at radius 3 is 2.88 bits per heavy atom. The van der Waals surface area contributed by atoms with E-state index < -0.39 is 5.91 Å². The first kappa shape index (κ1) is 11.6. The van der Waals surface area contributed by atoms with Gasteiger partial charge in [-0.2, -0.15) is 4.98 Å². The quantitative estimate of drug-likeness (QED) is 0.898. The van der Waals surface area contributed by atoms with E-state index in [1.807, 2.05) is 12.1 Å². The minimum Gasteiger partial charge on any atom is -0.370 e. The summed E-state index contributed by atoms with van der Waals surface area (Å²) in [5.74, 6) is 0.385. The molecule has 1 aromatic heterocycles. The largest absolute Gasteiger partial charge is 0.370 e. The van der Waals surface area contributed by atoms with Crippen molar-refractivity contribution in [3.63, 3.8) is 0 Å². The average molecular weight is 252 g/mol. The first-order valence-electron chi connectivity index (χ1n) is 5.02. The van der Waals surface area contributed by atoms with E-state index in [-0.39, 0.29) is 6.42 Å². The molecule has 1 heterocycles. The molecule has 0 unspecified atom stereocenters.